The van der Waals surface area contributed by atoms with E-state index < -0.39 is 17.7 Å². The van der Waals surface area contributed by atoms with Crippen LogP contribution in [0.25, 0.3) is 0 Å². The predicted octanol–water partition coefficient (Wildman–Crippen LogP) is 4.65. The summed E-state index contributed by atoms with van der Waals surface area (Å²) in [5, 5.41) is 10.3. The largest absolute Gasteiger partial charge is 0.384 e. The van der Waals surface area contributed by atoms with Gasteiger partial charge in [0.25, 0.3) is 0 Å². The van der Waals surface area contributed by atoms with Crippen molar-refractivity contribution >= 4 is 0 Å². The van der Waals surface area contributed by atoms with E-state index in [4.69, 9.17) is 0 Å². The summed E-state index contributed by atoms with van der Waals surface area (Å²) in [4.78, 5) is 0. The monoisotopic (exact) mass is 290 g/mol. The van der Waals surface area contributed by atoms with E-state index in [1.165, 1.54) is 19.1 Å². The Hall–Kier alpha value is -1.74. The van der Waals surface area contributed by atoms with Crippen LogP contribution >= 0.6 is 0 Å². The van der Waals surface area contributed by atoms with Gasteiger partial charge in [-0.1, -0.05) is 57.2 Å². The van der Waals surface area contributed by atoms with Crippen molar-refractivity contribution in [2.75, 3.05) is 0 Å². The van der Waals surface area contributed by atoms with Gasteiger partial charge in [0.1, 0.15) is 6.10 Å². The van der Waals surface area contributed by atoms with Crippen molar-refractivity contribution in [3.63, 3.8) is 0 Å². The van der Waals surface area contributed by atoms with Gasteiger partial charge in [-0.15, -0.1) is 0 Å². The molecular weight excluding hydrogens is 270 g/mol. The van der Waals surface area contributed by atoms with Crippen molar-refractivity contribution in [3.05, 3.63) is 70.3 Å². The molecule has 0 aliphatic rings. The molecule has 1 N–H and O–H groups in total. The van der Waals surface area contributed by atoms with Crippen LogP contribution in [-0.4, -0.2) is 5.11 Å². The Bertz CT molecular complexity index is 640. The van der Waals surface area contributed by atoms with Crippen LogP contribution in [0, 0.1) is 18.6 Å². The lowest BCUT2D eigenvalue weighted by molar-refractivity contribution is 0.213. The summed E-state index contributed by atoms with van der Waals surface area (Å²) in [6, 6.07) is 10.2. The number of hydrogen-bond acceptors (Lipinski definition) is 1. The summed E-state index contributed by atoms with van der Waals surface area (Å²) in [5.74, 6) is -1.89. The second-order valence-electron chi connectivity index (χ2n) is 6.37. The average Bonchev–Trinajstić information content (AvgIpc) is 2.43. The standard InChI is InChI=1S/C18H20F2O/c1-11-5-10-14(16(20)15(11)19)17(21)12-6-8-13(9-7-12)18(2,3)4/h5-10,17,21H,1-4H3. The molecule has 112 valence electrons. The van der Waals surface area contributed by atoms with Crippen LogP contribution in [0.3, 0.4) is 0 Å². The predicted molar refractivity (Wildman–Crippen MR) is 80.3 cm³/mol. The number of halogens is 2. The third-order valence-corrected chi connectivity index (χ3v) is 3.69. The van der Waals surface area contributed by atoms with E-state index in [0.717, 1.165) is 5.56 Å². The van der Waals surface area contributed by atoms with Crippen LogP contribution in [0.15, 0.2) is 36.4 Å². The maximum atomic E-state index is 13.9. The summed E-state index contributed by atoms with van der Waals surface area (Å²) in [5.41, 5.74) is 1.86. The molecule has 0 fully saturated rings. The lowest BCUT2D eigenvalue weighted by atomic mass is 9.86. The van der Waals surface area contributed by atoms with Gasteiger partial charge in [-0.3, -0.25) is 0 Å². The first-order chi connectivity index (χ1) is 9.71. The minimum Gasteiger partial charge on any atom is -0.384 e. The molecule has 2 aromatic rings. The topological polar surface area (TPSA) is 20.2 Å². The molecule has 0 saturated heterocycles. The Morgan fingerprint density at radius 2 is 1.48 bits per heavy atom. The number of aryl methyl sites for hydroxylation is 1. The lowest BCUT2D eigenvalue weighted by Gasteiger charge is -2.20. The normalized spacial score (nSPS) is 13.3. The van der Waals surface area contributed by atoms with E-state index in [2.05, 4.69) is 20.8 Å². The molecule has 2 aromatic carbocycles. The number of hydrogen-bond donors (Lipinski definition) is 1. The van der Waals surface area contributed by atoms with Crippen molar-refractivity contribution in [3.8, 4) is 0 Å². The molecule has 2 rings (SSSR count). The van der Waals surface area contributed by atoms with Gasteiger partial charge in [0.05, 0.1) is 0 Å². The van der Waals surface area contributed by atoms with Gasteiger partial charge < -0.3 is 5.11 Å². The van der Waals surface area contributed by atoms with Gasteiger partial charge in [0, 0.05) is 5.56 Å². The van der Waals surface area contributed by atoms with Gasteiger partial charge in [0.2, 0.25) is 0 Å². The molecule has 0 aliphatic heterocycles. The molecule has 0 radical (unpaired) electrons. The number of benzene rings is 2. The van der Waals surface area contributed by atoms with Crippen molar-refractivity contribution in [2.45, 2.75) is 39.2 Å². The van der Waals surface area contributed by atoms with Gasteiger partial charge >= 0.3 is 0 Å². The fraction of sp³-hybridized carbons (Fsp3) is 0.333. The van der Waals surface area contributed by atoms with Crippen molar-refractivity contribution in [2.24, 2.45) is 0 Å². The molecule has 1 unspecified atom stereocenters. The minimum absolute atomic E-state index is 0.00466. The number of aliphatic hydroxyl groups excluding tert-OH is 1. The molecule has 3 heteroatoms. The second kappa shape index (κ2) is 5.57. The quantitative estimate of drug-likeness (QED) is 0.853. The summed E-state index contributed by atoms with van der Waals surface area (Å²) in [6.07, 6.45) is -1.17. The van der Waals surface area contributed by atoms with Crippen LogP contribution in [0.1, 0.15) is 49.1 Å². The van der Waals surface area contributed by atoms with Crippen molar-refractivity contribution in [1.82, 2.24) is 0 Å². The zero-order valence-corrected chi connectivity index (χ0v) is 12.7. The maximum Gasteiger partial charge on any atom is 0.165 e. The summed E-state index contributed by atoms with van der Waals surface area (Å²) in [6.45, 7) is 7.76. The molecule has 21 heavy (non-hydrogen) atoms. The highest BCUT2D eigenvalue weighted by Gasteiger charge is 2.20. The van der Waals surface area contributed by atoms with E-state index in [1.807, 2.05) is 12.1 Å². The fourth-order valence-electron chi connectivity index (χ4n) is 2.22. The highest BCUT2D eigenvalue weighted by Crippen LogP contribution is 2.29. The van der Waals surface area contributed by atoms with Gasteiger partial charge in [0.15, 0.2) is 11.6 Å². The van der Waals surface area contributed by atoms with Gasteiger partial charge in [-0.25, -0.2) is 8.78 Å². The first kappa shape index (κ1) is 15.6. The SMILES string of the molecule is Cc1ccc(C(O)c2ccc(C(C)(C)C)cc2)c(F)c1F. The van der Waals surface area contributed by atoms with E-state index in [0.29, 0.717) is 5.56 Å². The molecule has 0 aliphatic carbocycles. The highest BCUT2D eigenvalue weighted by molar-refractivity contribution is 5.36. The van der Waals surface area contributed by atoms with E-state index >= 15 is 0 Å². The molecule has 0 amide bonds. The second-order valence-corrected chi connectivity index (χ2v) is 6.37. The van der Waals surface area contributed by atoms with Crippen molar-refractivity contribution in [1.29, 1.82) is 0 Å². The molecule has 0 spiro atoms. The zero-order chi connectivity index (χ0) is 15.8. The molecule has 1 nitrogen and oxygen atoms in total. The van der Waals surface area contributed by atoms with Gasteiger partial charge in [-0.2, -0.15) is 0 Å². The first-order valence-electron chi connectivity index (χ1n) is 6.95. The average molecular weight is 290 g/mol. The molecule has 0 bridgehead atoms. The molecule has 0 saturated carbocycles. The van der Waals surface area contributed by atoms with E-state index in [9.17, 15) is 13.9 Å². The molecule has 0 heterocycles. The van der Waals surface area contributed by atoms with Gasteiger partial charge in [-0.05, 0) is 29.0 Å². The first-order valence-corrected chi connectivity index (χ1v) is 6.95. The van der Waals surface area contributed by atoms with Crippen LogP contribution in [0.4, 0.5) is 8.78 Å². The van der Waals surface area contributed by atoms with E-state index in [-0.39, 0.29) is 16.5 Å². The number of rotatable bonds is 2. The van der Waals surface area contributed by atoms with Crippen LogP contribution in [0.5, 0.6) is 0 Å². The van der Waals surface area contributed by atoms with E-state index in [1.54, 1.807) is 12.1 Å². The maximum absolute atomic E-state index is 13.9. The summed E-state index contributed by atoms with van der Waals surface area (Å²) >= 11 is 0. The minimum atomic E-state index is -1.17. The highest BCUT2D eigenvalue weighted by atomic mass is 19.2. The Kier molecular flexibility index (Phi) is 4.15. The lowest BCUT2D eigenvalue weighted by Crippen LogP contribution is -2.11. The Morgan fingerprint density at radius 1 is 0.905 bits per heavy atom. The Labute approximate surface area is 124 Å². The fourth-order valence-corrected chi connectivity index (χ4v) is 2.22. The third kappa shape index (κ3) is 3.13. The van der Waals surface area contributed by atoms with Crippen LogP contribution < -0.4 is 0 Å². The molecular formula is C18H20F2O. The molecule has 1 atom stereocenters. The summed E-state index contributed by atoms with van der Waals surface area (Å²) in [7, 11) is 0. The van der Waals surface area contributed by atoms with Crippen molar-refractivity contribution < 1.29 is 13.9 Å². The smallest absolute Gasteiger partial charge is 0.165 e. The van der Waals surface area contributed by atoms with Crippen LogP contribution in [0.2, 0.25) is 0 Å². The Balaban J connectivity index is 2.37. The zero-order valence-electron chi connectivity index (χ0n) is 12.7. The third-order valence-electron chi connectivity index (χ3n) is 3.69. The van der Waals surface area contributed by atoms with Crippen LogP contribution in [-0.2, 0) is 5.41 Å². The molecule has 0 aromatic heterocycles. The summed E-state index contributed by atoms with van der Waals surface area (Å²) < 4.78 is 27.5. The Morgan fingerprint density at radius 3 is 2.00 bits per heavy atom. The number of aliphatic hydroxyl groups is 1.